The second-order valence-corrected chi connectivity index (χ2v) is 5.23. The lowest BCUT2D eigenvalue weighted by molar-refractivity contribution is 0.0922. The molecule has 4 nitrogen and oxygen atoms in total. The molecule has 0 spiro atoms. The van der Waals surface area contributed by atoms with Crippen LogP contribution in [0.2, 0.25) is 0 Å². The SMILES string of the molecule is Nc1ccc(C(=O)NC2CC3CCC2C3)cn1. The number of nitrogens with zero attached hydrogens (tertiary/aromatic N) is 1. The molecule has 2 fully saturated rings. The molecule has 0 aromatic carbocycles. The third kappa shape index (κ3) is 1.99. The van der Waals surface area contributed by atoms with Gasteiger partial charge in [0.2, 0.25) is 0 Å². The largest absolute Gasteiger partial charge is 0.384 e. The van der Waals surface area contributed by atoms with Gasteiger partial charge >= 0.3 is 0 Å². The van der Waals surface area contributed by atoms with Crippen molar-refractivity contribution < 1.29 is 4.79 Å². The zero-order chi connectivity index (χ0) is 11.8. The van der Waals surface area contributed by atoms with Gasteiger partial charge in [-0.05, 0) is 43.2 Å². The van der Waals surface area contributed by atoms with Crippen LogP contribution in [0.1, 0.15) is 36.0 Å². The fraction of sp³-hybridized carbons (Fsp3) is 0.538. The van der Waals surface area contributed by atoms with Crippen molar-refractivity contribution >= 4 is 11.7 Å². The molecule has 3 N–H and O–H groups in total. The molecule has 4 heteroatoms. The third-order valence-corrected chi connectivity index (χ3v) is 4.10. The highest BCUT2D eigenvalue weighted by molar-refractivity contribution is 5.94. The van der Waals surface area contributed by atoms with Gasteiger partial charge in [0.15, 0.2) is 0 Å². The molecule has 2 aliphatic rings. The van der Waals surface area contributed by atoms with Crippen molar-refractivity contribution in [2.45, 2.75) is 31.7 Å². The van der Waals surface area contributed by atoms with Crippen molar-refractivity contribution in [3.63, 3.8) is 0 Å². The highest BCUT2D eigenvalue weighted by atomic mass is 16.1. The fourth-order valence-corrected chi connectivity index (χ4v) is 3.21. The Morgan fingerprint density at radius 1 is 1.35 bits per heavy atom. The van der Waals surface area contributed by atoms with Gasteiger partial charge in [0.05, 0.1) is 5.56 Å². The second kappa shape index (κ2) is 4.02. The first-order valence-electron chi connectivity index (χ1n) is 6.25. The zero-order valence-corrected chi connectivity index (χ0v) is 9.73. The predicted molar refractivity (Wildman–Crippen MR) is 65.4 cm³/mol. The van der Waals surface area contributed by atoms with E-state index >= 15 is 0 Å². The van der Waals surface area contributed by atoms with Crippen molar-refractivity contribution in [3.8, 4) is 0 Å². The van der Waals surface area contributed by atoms with Gasteiger partial charge in [-0.3, -0.25) is 4.79 Å². The first kappa shape index (κ1) is 10.6. The maximum atomic E-state index is 12.0. The number of rotatable bonds is 2. The van der Waals surface area contributed by atoms with E-state index in [-0.39, 0.29) is 5.91 Å². The number of hydrogen-bond acceptors (Lipinski definition) is 3. The van der Waals surface area contributed by atoms with Crippen molar-refractivity contribution in [3.05, 3.63) is 23.9 Å². The van der Waals surface area contributed by atoms with Crippen LogP contribution in [0.4, 0.5) is 5.82 Å². The fourth-order valence-electron chi connectivity index (χ4n) is 3.21. The molecule has 2 saturated carbocycles. The van der Waals surface area contributed by atoms with Crippen LogP contribution in [-0.4, -0.2) is 16.9 Å². The van der Waals surface area contributed by atoms with Crippen LogP contribution in [0.25, 0.3) is 0 Å². The molecule has 1 heterocycles. The summed E-state index contributed by atoms with van der Waals surface area (Å²) in [6.45, 7) is 0. The van der Waals surface area contributed by atoms with E-state index in [4.69, 9.17) is 5.73 Å². The van der Waals surface area contributed by atoms with Gasteiger partial charge in [-0.15, -0.1) is 0 Å². The molecule has 3 atom stereocenters. The van der Waals surface area contributed by atoms with Crippen molar-refractivity contribution in [2.24, 2.45) is 11.8 Å². The van der Waals surface area contributed by atoms with Crippen LogP contribution in [0.15, 0.2) is 18.3 Å². The van der Waals surface area contributed by atoms with E-state index in [2.05, 4.69) is 10.3 Å². The number of amides is 1. The number of carbonyl (C=O) groups excluding carboxylic acids is 1. The number of aromatic nitrogens is 1. The van der Waals surface area contributed by atoms with Crippen LogP contribution in [0, 0.1) is 11.8 Å². The number of carbonyl (C=O) groups is 1. The first-order chi connectivity index (χ1) is 8.22. The lowest BCUT2D eigenvalue weighted by atomic mass is 9.95. The maximum absolute atomic E-state index is 12.0. The van der Waals surface area contributed by atoms with Gasteiger partial charge in [0, 0.05) is 12.2 Å². The van der Waals surface area contributed by atoms with E-state index in [1.807, 2.05) is 0 Å². The molecular formula is C13H17N3O. The number of fused-ring (bicyclic) bond motifs is 2. The Hall–Kier alpha value is -1.58. The van der Waals surface area contributed by atoms with Gasteiger partial charge in [0.1, 0.15) is 5.82 Å². The van der Waals surface area contributed by atoms with Gasteiger partial charge in [-0.2, -0.15) is 0 Å². The van der Waals surface area contributed by atoms with E-state index in [1.165, 1.54) is 25.5 Å². The van der Waals surface area contributed by atoms with E-state index in [0.717, 1.165) is 12.3 Å². The predicted octanol–water partition coefficient (Wildman–Crippen LogP) is 1.58. The summed E-state index contributed by atoms with van der Waals surface area (Å²) in [5.41, 5.74) is 6.10. The maximum Gasteiger partial charge on any atom is 0.253 e. The minimum absolute atomic E-state index is 0.0185. The number of hydrogen-bond donors (Lipinski definition) is 2. The average Bonchev–Trinajstić information content (AvgIpc) is 2.91. The summed E-state index contributed by atoms with van der Waals surface area (Å²) in [6, 6.07) is 3.76. The Labute approximate surface area is 101 Å². The Morgan fingerprint density at radius 3 is 2.82 bits per heavy atom. The molecular weight excluding hydrogens is 214 g/mol. The quantitative estimate of drug-likeness (QED) is 0.812. The Bertz CT molecular complexity index is 429. The Balaban J connectivity index is 1.65. The van der Waals surface area contributed by atoms with Gasteiger partial charge in [-0.25, -0.2) is 4.98 Å². The van der Waals surface area contributed by atoms with Crippen LogP contribution < -0.4 is 11.1 Å². The molecule has 17 heavy (non-hydrogen) atoms. The number of anilines is 1. The summed E-state index contributed by atoms with van der Waals surface area (Å²) in [6.07, 6.45) is 6.61. The molecule has 3 rings (SSSR count). The molecule has 90 valence electrons. The van der Waals surface area contributed by atoms with Gasteiger partial charge < -0.3 is 11.1 Å². The minimum Gasteiger partial charge on any atom is -0.384 e. The normalized spacial score (nSPS) is 30.5. The number of nitrogen functional groups attached to an aromatic ring is 1. The van der Waals surface area contributed by atoms with Gasteiger partial charge in [0.25, 0.3) is 5.91 Å². The van der Waals surface area contributed by atoms with Crippen molar-refractivity contribution in [1.82, 2.24) is 10.3 Å². The third-order valence-electron chi connectivity index (χ3n) is 4.10. The molecule has 1 aromatic heterocycles. The molecule has 3 unspecified atom stereocenters. The lowest BCUT2D eigenvalue weighted by Gasteiger charge is -2.22. The van der Waals surface area contributed by atoms with Crippen LogP contribution >= 0.6 is 0 Å². The molecule has 1 aromatic rings. The standard InChI is InChI=1S/C13H17N3O/c14-12-4-3-10(7-15-12)13(17)16-11-6-8-1-2-9(11)5-8/h3-4,7-9,11H,1-2,5-6H2,(H2,14,15)(H,16,17). The summed E-state index contributed by atoms with van der Waals surface area (Å²) in [7, 11) is 0. The van der Waals surface area contributed by atoms with Crippen LogP contribution in [0.3, 0.4) is 0 Å². The Kier molecular flexibility index (Phi) is 2.50. The van der Waals surface area contributed by atoms with Crippen LogP contribution in [-0.2, 0) is 0 Å². The first-order valence-corrected chi connectivity index (χ1v) is 6.25. The van der Waals surface area contributed by atoms with Crippen LogP contribution in [0.5, 0.6) is 0 Å². The van der Waals surface area contributed by atoms with E-state index in [9.17, 15) is 4.79 Å². The average molecular weight is 231 g/mol. The highest BCUT2D eigenvalue weighted by Crippen LogP contribution is 2.44. The Morgan fingerprint density at radius 2 is 2.24 bits per heavy atom. The lowest BCUT2D eigenvalue weighted by Crippen LogP contribution is -2.38. The zero-order valence-electron chi connectivity index (χ0n) is 9.73. The minimum atomic E-state index is -0.0185. The number of pyridine rings is 1. The van der Waals surface area contributed by atoms with Gasteiger partial charge in [-0.1, -0.05) is 6.42 Å². The molecule has 2 bridgehead atoms. The summed E-state index contributed by atoms with van der Waals surface area (Å²) in [5, 5.41) is 3.13. The van der Waals surface area contributed by atoms with Crippen molar-refractivity contribution in [2.75, 3.05) is 5.73 Å². The number of nitrogens with two attached hydrogens (primary N) is 1. The summed E-state index contributed by atoms with van der Waals surface area (Å²) < 4.78 is 0. The summed E-state index contributed by atoms with van der Waals surface area (Å²) >= 11 is 0. The monoisotopic (exact) mass is 231 g/mol. The topological polar surface area (TPSA) is 68.0 Å². The van der Waals surface area contributed by atoms with E-state index in [1.54, 1.807) is 12.1 Å². The van der Waals surface area contributed by atoms with E-state index < -0.39 is 0 Å². The molecule has 2 aliphatic carbocycles. The second-order valence-electron chi connectivity index (χ2n) is 5.23. The molecule has 0 radical (unpaired) electrons. The molecule has 0 saturated heterocycles. The highest BCUT2D eigenvalue weighted by Gasteiger charge is 2.40. The smallest absolute Gasteiger partial charge is 0.253 e. The molecule has 1 amide bonds. The summed E-state index contributed by atoms with van der Waals surface area (Å²) in [4.78, 5) is 15.9. The molecule has 0 aliphatic heterocycles. The van der Waals surface area contributed by atoms with E-state index in [0.29, 0.717) is 23.3 Å². The van der Waals surface area contributed by atoms with Crippen molar-refractivity contribution in [1.29, 1.82) is 0 Å². The number of nitrogens with one attached hydrogen (secondary N) is 1. The summed E-state index contributed by atoms with van der Waals surface area (Å²) in [5.74, 6) is 1.97.